The minimum Gasteiger partial charge on any atom is -0.368 e. The van der Waals surface area contributed by atoms with Crippen molar-refractivity contribution >= 4 is 33.3 Å². The van der Waals surface area contributed by atoms with Crippen LogP contribution in [0.5, 0.6) is 0 Å². The van der Waals surface area contributed by atoms with Gasteiger partial charge in [0.1, 0.15) is 23.0 Å². The van der Waals surface area contributed by atoms with Gasteiger partial charge in [0.2, 0.25) is 5.91 Å². The molecule has 3 heterocycles. The fourth-order valence-electron chi connectivity index (χ4n) is 2.32. The quantitative estimate of drug-likeness (QED) is 0.865. The molecule has 0 spiro atoms. The second-order valence-electron chi connectivity index (χ2n) is 4.09. The predicted molar refractivity (Wildman–Crippen MR) is 67.0 cm³/mol. The summed E-state index contributed by atoms with van der Waals surface area (Å²) in [5, 5.41) is 2.99. The number of fused-ring (bicyclic) bond motifs is 1. The highest BCUT2D eigenvalue weighted by atomic mass is 32.1. The van der Waals surface area contributed by atoms with Crippen molar-refractivity contribution in [3.63, 3.8) is 0 Å². The maximum absolute atomic E-state index is 11.4. The first-order valence-electron chi connectivity index (χ1n) is 5.51. The molecule has 0 saturated carbocycles. The largest absolute Gasteiger partial charge is 0.368 e. The molecule has 1 aliphatic heterocycles. The van der Waals surface area contributed by atoms with Gasteiger partial charge in [-0.1, -0.05) is 0 Å². The monoisotopic (exact) mass is 248 g/mol. The predicted octanol–water partition coefficient (Wildman–Crippen LogP) is 1.15. The van der Waals surface area contributed by atoms with E-state index >= 15 is 0 Å². The van der Waals surface area contributed by atoms with Crippen LogP contribution in [-0.4, -0.2) is 28.5 Å². The molecule has 1 atom stereocenters. The third-order valence-electron chi connectivity index (χ3n) is 3.09. The number of anilines is 1. The van der Waals surface area contributed by atoms with Gasteiger partial charge in [0.15, 0.2) is 0 Å². The van der Waals surface area contributed by atoms with Gasteiger partial charge in [-0.3, -0.25) is 4.79 Å². The van der Waals surface area contributed by atoms with Crippen molar-refractivity contribution in [3.05, 3.63) is 17.8 Å². The summed E-state index contributed by atoms with van der Waals surface area (Å²) in [6.45, 7) is 0.829. The third kappa shape index (κ3) is 1.64. The molecule has 1 unspecified atom stereocenters. The summed E-state index contributed by atoms with van der Waals surface area (Å²) < 4.78 is 0. The fourth-order valence-corrected chi connectivity index (χ4v) is 3.05. The highest BCUT2D eigenvalue weighted by molar-refractivity contribution is 7.16. The molecule has 3 rings (SSSR count). The lowest BCUT2D eigenvalue weighted by Gasteiger charge is -2.23. The smallest absolute Gasteiger partial charge is 0.240 e. The standard InChI is InChI=1S/C11H12N4OS/c12-9(16)8-2-1-4-15(8)10-7-3-5-17-11(7)14-6-13-10/h3,5-6,8H,1-2,4H2,(H2,12,16). The number of carbonyl (C=O) groups excluding carboxylic acids is 1. The maximum Gasteiger partial charge on any atom is 0.240 e. The fraction of sp³-hybridized carbons (Fsp3) is 0.364. The Morgan fingerprint density at radius 2 is 2.41 bits per heavy atom. The van der Waals surface area contributed by atoms with Gasteiger partial charge < -0.3 is 10.6 Å². The molecule has 0 aliphatic carbocycles. The van der Waals surface area contributed by atoms with E-state index in [1.54, 1.807) is 17.7 Å². The molecule has 88 valence electrons. The van der Waals surface area contributed by atoms with Crippen LogP contribution in [0.2, 0.25) is 0 Å². The molecule has 0 aromatic carbocycles. The van der Waals surface area contributed by atoms with Crippen LogP contribution in [0.1, 0.15) is 12.8 Å². The molecule has 1 amide bonds. The molecule has 6 heteroatoms. The molecule has 1 fully saturated rings. The van der Waals surface area contributed by atoms with Crippen LogP contribution >= 0.6 is 11.3 Å². The number of nitrogens with zero attached hydrogens (tertiary/aromatic N) is 3. The van der Waals surface area contributed by atoms with Crippen molar-refractivity contribution in [1.29, 1.82) is 0 Å². The molecule has 2 aromatic rings. The Morgan fingerprint density at radius 3 is 3.24 bits per heavy atom. The van der Waals surface area contributed by atoms with Gasteiger partial charge in [0.05, 0.1) is 5.39 Å². The van der Waals surface area contributed by atoms with Crippen LogP contribution in [0.3, 0.4) is 0 Å². The van der Waals surface area contributed by atoms with Crippen LogP contribution in [-0.2, 0) is 4.79 Å². The van der Waals surface area contributed by atoms with E-state index in [9.17, 15) is 4.79 Å². The van der Waals surface area contributed by atoms with E-state index in [-0.39, 0.29) is 11.9 Å². The van der Waals surface area contributed by atoms with Crippen molar-refractivity contribution in [3.8, 4) is 0 Å². The first kappa shape index (κ1) is 10.5. The number of amides is 1. The molecule has 5 nitrogen and oxygen atoms in total. The summed E-state index contributed by atoms with van der Waals surface area (Å²) in [7, 11) is 0. The molecule has 17 heavy (non-hydrogen) atoms. The summed E-state index contributed by atoms with van der Waals surface area (Å²) in [5.41, 5.74) is 5.42. The van der Waals surface area contributed by atoms with Crippen LogP contribution in [0.25, 0.3) is 10.2 Å². The summed E-state index contributed by atoms with van der Waals surface area (Å²) in [6.07, 6.45) is 3.33. The number of carbonyl (C=O) groups is 1. The SMILES string of the molecule is NC(=O)C1CCCN1c1ncnc2sccc12. The van der Waals surface area contributed by atoms with Crippen LogP contribution in [0.4, 0.5) is 5.82 Å². The number of thiophene rings is 1. The van der Waals surface area contributed by atoms with E-state index in [4.69, 9.17) is 5.73 Å². The first-order valence-corrected chi connectivity index (χ1v) is 6.39. The Balaban J connectivity index is 2.08. The Kier molecular flexibility index (Phi) is 2.44. The molecule has 1 aliphatic rings. The third-order valence-corrected chi connectivity index (χ3v) is 3.91. The summed E-state index contributed by atoms with van der Waals surface area (Å²) in [5.74, 6) is 0.557. The van der Waals surface area contributed by atoms with Crippen molar-refractivity contribution in [2.45, 2.75) is 18.9 Å². The Labute approximate surface area is 102 Å². The zero-order valence-corrected chi connectivity index (χ0v) is 9.98. The van der Waals surface area contributed by atoms with Crippen molar-refractivity contribution in [1.82, 2.24) is 9.97 Å². The molecular formula is C11H12N4OS. The molecule has 0 radical (unpaired) electrons. The number of hydrogen-bond donors (Lipinski definition) is 1. The minimum absolute atomic E-state index is 0.229. The minimum atomic E-state index is -0.274. The number of nitrogens with two attached hydrogens (primary N) is 1. The average molecular weight is 248 g/mol. The Hall–Kier alpha value is -1.69. The zero-order chi connectivity index (χ0) is 11.8. The van der Waals surface area contributed by atoms with Gasteiger partial charge in [0, 0.05) is 6.54 Å². The summed E-state index contributed by atoms with van der Waals surface area (Å²) in [4.78, 5) is 22.9. The van der Waals surface area contributed by atoms with E-state index in [0.29, 0.717) is 0 Å². The van der Waals surface area contributed by atoms with Crippen molar-refractivity contribution < 1.29 is 4.79 Å². The normalized spacial score (nSPS) is 20.0. The molecule has 1 saturated heterocycles. The van der Waals surface area contributed by atoms with Gasteiger partial charge in [-0.05, 0) is 24.3 Å². The van der Waals surface area contributed by atoms with Gasteiger partial charge >= 0.3 is 0 Å². The second-order valence-corrected chi connectivity index (χ2v) is 4.99. The first-order chi connectivity index (χ1) is 8.27. The van der Waals surface area contributed by atoms with Gasteiger partial charge in [0.25, 0.3) is 0 Å². The lowest BCUT2D eigenvalue weighted by molar-refractivity contribution is -0.119. The summed E-state index contributed by atoms with van der Waals surface area (Å²) in [6, 6.07) is 1.76. The van der Waals surface area contributed by atoms with E-state index in [0.717, 1.165) is 35.4 Å². The molecule has 0 bridgehead atoms. The average Bonchev–Trinajstić information content (AvgIpc) is 2.97. The van der Waals surface area contributed by atoms with Crippen LogP contribution < -0.4 is 10.6 Å². The van der Waals surface area contributed by atoms with Crippen LogP contribution in [0, 0.1) is 0 Å². The second kappa shape index (κ2) is 3.96. The number of primary amides is 1. The number of aromatic nitrogens is 2. The van der Waals surface area contributed by atoms with Crippen molar-refractivity contribution in [2.75, 3.05) is 11.4 Å². The molecule has 2 N–H and O–H groups in total. The van der Waals surface area contributed by atoms with Gasteiger partial charge in [-0.25, -0.2) is 9.97 Å². The zero-order valence-electron chi connectivity index (χ0n) is 9.17. The highest BCUT2D eigenvalue weighted by Gasteiger charge is 2.31. The maximum atomic E-state index is 11.4. The summed E-state index contributed by atoms with van der Waals surface area (Å²) >= 11 is 1.58. The van der Waals surface area contributed by atoms with Gasteiger partial charge in [-0.15, -0.1) is 11.3 Å². The Bertz CT molecular complexity index is 567. The Morgan fingerprint density at radius 1 is 1.53 bits per heavy atom. The lowest BCUT2D eigenvalue weighted by atomic mass is 10.2. The van der Waals surface area contributed by atoms with E-state index in [1.807, 2.05) is 16.3 Å². The molecule has 2 aromatic heterocycles. The number of hydrogen-bond acceptors (Lipinski definition) is 5. The highest BCUT2D eigenvalue weighted by Crippen LogP contribution is 2.31. The van der Waals surface area contributed by atoms with Gasteiger partial charge in [-0.2, -0.15) is 0 Å². The van der Waals surface area contributed by atoms with E-state index in [1.165, 1.54) is 0 Å². The molecular weight excluding hydrogens is 236 g/mol. The van der Waals surface area contributed by atoms with Crippen molar-refractivity contribution in [2.24, 2.45) is 5.73 Å². The lowest BCUT2D eigenvalue weighted by Crippen LogP contribution is -2.40. The van der Waals surface area contributed by atoms with Crippen LogP contribution in [0.15, 0.2) is 17.8 Å². The topological polar surface area (TPSA) is 72.1 Å². The number of rotatable bonds is 2. The van der Waals surface area contributed by atoms with E-state index in [2.05, 4.69) is 9.97 Å². The van der Waals surface area contributed by atoms with E-state index < -0.39 is 0 Å².